The molecule has 3 saturated heterocycles. The summed E-state index contributed by atoms with van der Waals surface area (Å²) in [5.74, 6) is -4.98. The number of esters is 1. The number of aliphatic hydroxyl groups excluding tert-OH is 1. The fraction of sp³-hybridized carbons (Fsp3) is 0.659. The number of para-hydroxylation sites is 1. The normalized spacial score (nSPS) is 37.4. The van der Waals surface area contributed by atoms with Crippen LogP contribution in [0.25, 0.3) is 17.0 Å². The number of benzene rings is 1. The summed E-state index contributed by atoms with van der Waals surface area (Å²) >= 11 is 0. The number of ketones is 2. The standard InChI is InChI=1S/C44H63N3O10/c1-12-34-44(8)38(47(42(52)57-44)20-16-15-17-30-22-31-18-13-14-19-32(31)45-24-30)27(4)35(48)25(2)23-43(7,53-11)39(28(5)36(49)29(6)40(51)55-34)56-41-37(50)33(46(9)10)21-26(3)54-41/h13-15,17-19,22,24-29,33-34,37-39,41,50H,12,16,20-21,23H2,1-11H3/b17-15+/t25-,26-,27+,28+,29-,33+,34-,37-,38-,39-,41+,43-,44-/m1/s1. The van der Waals surface area contributed by atoms with Crippen LogP contribution in [-0.2, 0) is 38.1 Å². The van der Waals surface area contributed by atoms with E-state index >= 15 is 0 Å². The Morgan fingerprint density at radius 2 is 1.74 bits per heavy atom. The van der Waals surface area contributed by atoms with Crippen LogP contribution in [0.15, 0.2) is 42.6 Å². The van der Waals surface area contributed by atoms with E-state index in [4.69, 9.17) is 23.7 Å². The Hall–Kier alpha value is -3.75. The maximum Gasteiger partial charge on any atom is 0.410 e. The zero-order chi connectivity index (χ0) is 42.0. The second kappa shape index (κ2) is 18.0. The number of pyridine rings is 1. The number of carbonyl (C=O) groups excluding carboxylic acids is 4. The fourth-order valence-electron chi connectivity index (χ4n) is 9.32. The summed E-state index contributed by atoms with van der Waals surface area (Å²) in [5.41, 5.74) is -0.873. The molecule has 1 N–H and O–H groups in total. The van der Waals surface area contributed by atoms with Gasteiger partial charge in [0.2, 0.25) is 0 Å². The molecule has 1 aromatic heterocycles. The number of fused-ring (bicyclic) bond motifs is 2. The Labute approximate surface area is 337 Å². The molecular weight excluding hydrogens is 730 g/mol. The summed E-state index contributed by atoms with van der Waals surface area (Å²) in [6.45, 7) is 14.2. The number of hydrogen-bond acceptors (Lipinski definition) is 12. The van der Waals surface area contributed by atoms with Crippen molar-refractivity contribution in [2.24, 2.45) is 23.7 Å². The summed E-state index contributed by atoms with van der Waals surface area (Å²) in [6, 6.07) is 8.81. The van der Waals surface area contributed by atoms with Gasteiger partial charge in [-0.25, -0.2) is 4.79 Å². The second-order valence-corrected chi connectivity index (χ2v) is 17.0. The molecule has 3 fully saturated rings. The predicted octanol–water partition coefficient (Wildman–Crippen LogP) is 5.84. The Morgan fingerprint density at radius 1 is 1.04 bits per heavy atom. The van der Waals surface area contributed by atoms with Crippen LogP contribution in [0.2, 0.25) is 0 Å². The minimum atomic E-state index is -1.41. The van der Waals surface area contributed by atoms with Gasteiger partial charge in [-0.15, -0.1) is 0 Å². The Morgan fingerprint density at radius 3 is 2.40 bits per heavy atom. The zero-order valence-electron chi connectivity index (χ0n) is 35.5. The lowest BCUT2D eigenvalue weighted by molar-refractivity contribution is -0.295. The number of amides is 1. The number of aromatic nitrogens is 1. The fourth-order valence-corrected chi connectivity index (χ4v) is 9.32. The summed E-state index contributed by atoms with van der Waals surface area (Å²) in [6.07, 6.45) is 2.06. The summed E-state index contributed by atoms with van der Waals surface area (Å²) < 4.78 is 31.2. The second-order valence-electron chi connectivity index (χ2n) is 17.0. The van der Waals surface area contributed by atoms with Crippen LogP contribution in [0, 0.1) is 23.7 Å². The first-order valence-electron chi connectivity index (χ1n) is 20.4. The van der Waals surface area contributed by atoms with Crippen LogP contribution in [0.1, 0.15) is 86.6 Å². The molecule has 5 rings (SSSR count). The molecular formula is C44H63N3O10. The number of carbonyl (C=O) groups is 4. The molecule has 4 heterocycles. The molecule has 1 amide bonds. The van der Waals surface area contributed by atoms with Crippen molar-refractivity contribution in [3.05, 3.63) is 48.2 Å². The van der Waals surface area contributed by atoms with Crippen molar-refractivity contribution < 1.29 is 48.0 Å². The molecule has 0 bridgehead atoms. The summed E-state index contributed by atoms with van der Waals surface area (Å²) in [7, 11) is 5.24. The summed E-state index contributed by atoms with van der Waals surface area (Å²) in [4.78, 5) is 64.8. The van der Waals surface area contributed by atoms with Crippen LogP contribution >= 0.6 is 0 Å². The third-order valence-electron chi connectivity index (χ3n) is 12.6. The Bertz CT molecular complexity index is 1800. The van der Waals surface area contributed by atoms with Crippen LogP contribution < -0.4 is 0 Å². The van der Waals surface area contributed by atoms with E-state index in [0.29, 0.717) is 12.8 Å². The topological polar surface area (TPSA) is 154 Å². The highest BCUT2D eigenvalue weighted by molar-refractivity contribution is 6.00. The lowest BCUT2D eigenvalue weighted by Crippen LogP contribution is -2.60. The predicted molar refractivity (Wildman–Crippen MR) is 215 cm³/mol. The number of hydrogen-bond donors (Lipinski definition) is 1. The molecule has 0 aliphatic carbocycles. The van der Waals surface area contributed by atoms with Gasteiger partial charge in [-0.3, -0.25) is 19.4 Å². The van der Waals surface area contributed by atoms with E-state index in [2.05, 4.69) is 4.98 Å². The number of aliphatic hydroxyl groups is 1. The van der Waals surface area contributed by atoms with Gasteiger partial charge in [0.15, 0.2) is 17.7 Å². The van der Waals surface area contributed by atoms with Crippen LogP contribution in [-0.4, -0.2) is 125 Å². The number of nitrogens with zero attached hydrogens (tertiary/aromatic N) is 3. The molecule has 0 spiro atoms. The van der Waals surface area contributed by atoms with Crippen molar-refractivity contribution in [2.45, 2.75) is 135 Å². The largest absolute Gasteiger partial charge is 0.458 e. The van der Waals surface area contributed by atoms with Crippen LogP contribution in [0.4, 0.5) is 4.79 Å². The number of likely N-dealkylation sites (N-methyl/N-ethyl adjacent to an activating group) is 1. The molecule has 57 heavy (non-hydrogen) atoms. The van der Waals surface area contributed by atoms with Gasteiger partial charge in [-0.1, -0.05) is 58.0 Å². The van der Waals surface area contributed by atoms with E-state index in [1.165, 1.54) is 14.0 Å². The molecule has 0 saturated carbocycles. The zero-order valence-corrected chi connectivity index (χ0v) is 35.5. The smallest absolute Gasteiger partial charge is 0.410 e. The minimum Gasteiger partial charge on any atom is -0.458 e. The number of methoxy groups -OCH3 is 1. The highest BCUT2D eigenvalue weighted by Crippen LogP contribution is 2.43. The van der Waals surface area contributed by atoms with Gasteiger partial charge in [0, 0.05) is 49.0 Å². The van der Waals surface area contributed by atoms with Crippen molar-refractivity contribution in [3.63, 3.8) is 0 Å². The quantitative estimate of drug-likeness (QED) is 0.240. The van der Waals surface area contributed by atoms with Gasteiger partial charge >= 0.3 is 12.1 Å². The molecule has 3 aliphatic heterocycles. The molecule has 13 heteroatoms. The van der Waals surface area contributed by atoms with E-state index < -0.39 is 83.4 Å². The maximum absolute atomic E-state index is 14.7. The molecule has 13 atom stereocenters. The molecule has 0 unspecified atom stereocenters. The number of cyclic esters (lactones) is 1. The lowest BCUT2D eigenvalue weighted by Gasteiger charge is -2.47. The molecule has 0 radical (unpaired) electrons. The minimum absolute atomic E-state index is 0.126. The van der Waals surface area contributed by atoms with Gasteiger partial charge in [-0.2, -0.15) is 0 Å². The average Bonchev–Trinajstić information content (AvgIpc) is 3.45. The van der Waals surface area contributed by atoms with Crippen molar-refractivity contribution in [1.82, 2.24) is 14.8 Å². The van der Waals surface area contributed by atoms with Gasteiger partial charge in [0.25, 0.3) is 0 Å². The number of ether oxygens (including phenoxy) is 5. The SMILES string of the molecule is CC[C@H]1OC(=O)[C@H](C)C(=O)[C@H](C)[C@@H](O[C@@H]2O[C@H](C)C[C@H](N(C)C)[C@H]2O)[C@](C)(OC)C[C@@H](C)C(=O)[C@H](C)[C@H]2N(CC/C=C/c3cnc4ccccc4c3)C(=O)O[C@]12C. The lowest BCUT2D eigenvalue weighted by atomic mass is 9.73. The maximum atomic E-state index is 14.7. The highest BCUT2D eigenvalue weighted by Gasteiger charge is 2.60. The molecule has 314 valence electrons. The summed E-state index contributed by atoms with van der Waals surface area (Å²) in [5, 5.41) is 12.4. The van der Waals surface area contributed by atoms with Gasteiger partial charge in [-0.05, 0) is 85.2 Å². The third-order valence-corrected chi connectivity index (χ3v) is 12.6. The van der Waals surface area contributed by atoms with Crippen molar-refractivity contribution in [1.29, 1.82) is 0 Å². The molecule has 1 aromatic carbocycles. The van der Waals surface area contributed by atoms with Gasteiger partial charge < -0.3 is 38.6 Å². The van der Waals surface area contributed by atoms with E-state index in [1.54, 1.807) is 45.7 Å². The third kappa shape index (κ3) is 9.12. The van der Waals surface area contributed by atoms with E-state index in [-0.39, 0.29) is 37.3 Å². The van der Waals surface area contributed by atoms with Crippen molar-refractivity contribution in [2.75, 3.05) is 27.7 Å². The Balaban J connectivity index is 1.48. The first-order valence-corrected chi connectivity index (χ1v) is 20.4. The monoisotopic (exact) mass is 793 g/mol. The van der Waals surface area contributed by atoms with E-state index in [1.807, 2.05) is 75.3 Å². The van der Waals surface area contributed by atoms with Crippen LogP contribution in [0.3, 0.4) is 0 Å². The highest BCUT2D eigenvalue weighted by atomic mass is 16.7. The number of rotatable bonds is 9. The van der Waals surface area contributed by atoms with Crippen molar-refractivity contribution in [3.8, 4) is 0 Å². The molecule has 2 aromatic rings. The van der Waals surface area contributed by atoms with Gasteiger partial charge in [0.05, 0.1) is 29.4 Å². The molecule has 13 nitrogen and oxygen atoms in total. The van der Waals surface area contributed by atoms with Crippen molar-refractivity contribution >= 4 is 40.6 Å². The van der Waals surface area contributed by atoms with Crippen LogP contribution in [0.5, 0.6) is 0 Å². The Kier molecular flexibility index (Phi) is 14.0. The van der Waals surface area contributed by atoms with E-state index in [9.17, 15) is 24.3 Å². The van der Waals surface area contributed by atoms with Gasteiger partial charge in [0.1, 0.15) is 23.9 Å². The number of Topliss-reactive ketones (excluding diaryl/α,β-unsaturated/α-hetero) is 2. The average molecular weight is 794 g/mol. The molecule has 3 aliphatic rings. The first kappa shape index (κ1) is 44.4. The first-order chi connectivity index (χ1) is 26.9. The van der Waals surface area contributed by atoms with E-state index in [0.717, 1.165) is 16.5 Å².